The van der Waals surface area contributed by atoms with Crippen LogP contribution < -0.4 is 5.63 Å². The summed E-state index contributed by atoms with van der Waals surface area (Å²) < 4.78 is 27.6. The second-order valence-electron chi connectivity index (χ2n) is 4.68. The summed E-state index contributed by atoms with van der Waals surface area (Å²) in [6.07, 6.45) is 0.442. The van der Waals surface area contributed by atoms with Crippen molar-refractivity contribution in [1.29, 1.82) is 0 Å². The molecule has 7 heteroatoms. The topological polar surface area (TPSA) is 96.9 Å². The van der Waals surface area contributed by atoms with Crippen LogP contribution in [0.25, 0.3) is 0 Å². The van der Waals surface area contributed by atoms with E-state index in [9.17, 15) is 18.3 Å². The molecule has 1 aliphatic heterocycles. The highest BCUT2D eigenvalue weighted by Gasteiger charge is 2.28. The minimum Gasteiger partial charge on any atom is -0.507 e. The zero-order chi connectivity index (χ0) is 14.2. The lowest BCUT2D eigenvalue weighted by atomic mass is 10.1. The molecule has 0 bridgehead atoms. The lowest BCUT2D eigenvalue weighted by Crippen LogP contribution is -2.16. The molecule has 104 valence electrons. The first-order valence-corrected chi connectivity index (χ1v) is 7.69. The summed E-state index contributed by atoms with van der Waals surface area (Å²) in [4.78, 5) is 15.9. The number of nitrogens with zero attached hydrogens (tertiary/aromatic N) is 1. The Balaban J connectivity index is 2.35. The van der Waals surface area contributed by atoms with E-state index in [0.717, 1.165) is 0 Å². The predicted octanol–water partition coefficient (Wildman–Crippen LogP) is 0.650. The quantitative estimate of drug-likeness (QED) is 0.805. The van der Waals surface area contributed by atoms with Crippen LogP contribution in [0.1, 0.15) is 24.7 Å². The maximum absolute atomic E-state index is 11.7. The van der Waals surface area contributed by atoms with Crippen molar-refractivity contribution in [3.8, 4) is 5.75 Å². The van der Waals surface area contributed by atoms with Crippen LogP contribution >= 0.6 is 0 Å². The number of sulfone groups is 1. The van der Waals surface area contributed by atoms with Gasteiger partial charge in [0.2, 0.25) is 0 Å². The zero-order valence-electron chi connectivity index (χ0n) is 10.7. The van der Waals surface area contributed by atoms with E-state index in [1.54, 1.807) is 13.8 Å². The van der Waals surface area contributed by atoms with E-state index < -0.39 is 15.5 Å². The predicted molar refractivity (Wildman–Crippen MR) is 70.6 cm³/mol. The molecule has 2 rings (SSSR count). The van der Waals surface area contributed by atoms with Crippen LogP contribution in [0.2, 0.25) is 0 Å². The lowest BCUT2D eigenvalue weighted by molar-refractivity contribution is 0.432. The highest BCUT2D eigenvalue weighted by atomic mass is 32.2. The van der Waals surface area contributed by atoms with Crippen LogP contribution in [0.5, 0.6) is 5.75 Å². The Hall–Kier alpha value is -1.63. The van der Waals surface area contributed by atoms with E-state index in [4.69, 9.17) is 4.42 Å². The largest absolute Gasteiger partial charge is 0.507 e. The molecule has 1 aromatic rings. The smallest absolute Gasteiger partial charge is 0.348 e. The second kappa shape index (κ2) is 4.80. The monoisotopic (exact) mass is 285 g/mol. The Morgan fingerprint density at radius 3 is 2.74 bits per heavy atom. The van der Waals surface area contributed by atoms with Crippen molar-refractivity contribution in [2.24, 2.45) is 4.99 Å². The number of hydrogen-bond acceptors (Lipinski definition) is 6. The average molecular weight is 285 g/mol. The van der Waals surface area contributed by atoms with Gasteiger partial charge in [0.05, 0.1) is 23.3 Å². The van der Waals surface area contributed by atoms with Crippen LogP contribution in [0.4, 0.5) is 0 Å². The lowest BCUT2D eigenvalue weighted by Gasteiger charge is -2.06. The third kappa shape index (κ3) is 3.04. The van der Waals surface area contributed by atoms with Crippen LogP contribution in [0.3, 0.4) is 0 Å². The molecule has 1 saturated heterocycles. The van der Waals surface area contributed by atoms with E-state index in [1.165, 1.54) is 6.07 Å². The minimum absolute atomic E-state index is 0.00472. The van der Waals surface area contributed by atoms with Crippen LogP contribution in [0, 0.1) is 6.92 Å². The second-order valence-corrected chi connectivity index (χ2v) is 6.90. The summed E-state index contributed by atoms with van der Waals surface area (Å²) in [6.45, 7) is 3.12. The number of rotatable bonds is 2. The van der Waals surface area contributed by atoms with E-state index in [0.29, 0.717) is 17.9 Å². The minimum atomic E-state index is -3.02. The van der Waals surface area contributed by atoms with Crippen LogP contribution in [-0.4, -0.2) is 36.8 Å². The van der Waals surface area contributed by atoms with Crippen LogP contribution in [-0.2, 0) is 9.84 Å². The molecule has 0 amide bonds. The van der Waals surface area contributed by atoms with Crippen molar-refractivity contribution in [3.63, 3.8) is 0 Å². The molecular weight excluding hydrogens is 270 g/mol. The van der Waals surface area contributed by atoms with E-state index in [2.05, 4.69) is 4.99 Å². The summed E-state index contributed by atoms with van der Waals surface area (Å²) in [6, 6.07) is 0.978. The highest BCUT2D eigenvalue weighted by Crippen LogP contribution is 2.19. The maximum Gasteiger partial charge on any atom is 0.348 e. The summed E-state index contributed by atoms with van der Waals surface area (Å²) in [5, 5.41) is 9.76. The normalized spacial score (nSPS) is 22.6. The number of hydrogen-bond donors (Lipinski definition) is 1. The van der Waals surface area contributed by atoms with Gasteiger partial charge in [0.1, 0.15) is 17.1 Å². The van der Waals surface area contributed by atoms with E-state index >= 15 is 0 Å². The van der Waals surface area contributed by atoms with Gasteiger partial charge in [-0.2, -0.15) is 0 Å². The van der Waals surface area contributed by atoms with Crippen molar-refractivity contribution >= 4 is 15.5 Å². The van der Waals surface area contributed by atoms with Gasteiger partial charge in [-0.25, -0.2) is 13.2 Å². The molecule has 19 heavy (non-hydrogen) atoms. The fraction of sp³-hybridized carbons (Fsp3) is 0.500. The third-order valence-electron chi connectivity index (χ3n) is 3.00. The maximum atomic E-state index is 11.7. The van der Waals surface area contributed by atoms with Gasteiger partial charge in [-0.1, -0.05) is 0 Å². The number of aryl methyl sites for hydroxylation is 1. The van der Waals surface area contributed by atoms with Gasteiger partial charge in [0.25, 0.3) is 0 Å². The fourth-order valence-electron chi connectivity index (χ4n) is 2.14. The fourth-order valence-corrected chi connectivity index (χ4v) is 3.77. The first-order valence-electron chi connectivity index (χ1n) is 5.87. The molecule has 0 aromatic carbocycles. The van der Waals surface area contributed by atoms with E-state index in [-0.39, 0.29) is 28.9 Å². The van der Waals surface area contributed by atoms with E-state index in [1.807, 2.05) is 0 Å². The molecule has 1 unspecified atom stereocenters. The number of aromatic hydroxyl groups is 1. The van der Waals surface area contributed by atoms with Crippen molar-refractivity contribution < 1.29 is 17.9 Å². The molecule has 1 fully saturated rings. The van der Waals surface area contributed by atoms with Crippen molar-refractivity contribution in [3.05, 3.63) is 27.8 Å². The van der Waals surface area contributed by atoms with Gasteiger partial charge in [-0.15, -0.1) is 0 Å². The Morgan fingerprint density at radius 2 is 2.21 bits per heavy atom. The molecule has 6 nitrogen and oxygen atoms in total. The SMILES string of the molecule is CC(=NC1CCS(=O)(=O)C1)c1c(O)cc(C)oc1=O. The van der Waals surface area contributed by atoms with Crippen molar-refractivity contribution in [2.45, 2.75) is 26.3 Å². The van der Waals surface area contributed by atoms with Gasteiger partial charge in [-0.05, 0) is 20.3 Å². The Morgan fingerprint density at radius 1 is 1.53 bits per heavy atom. The standard InChI is InChI=1S/C12H15NO5S/c1-7-5-10(14)11(12(15)18-7)8(2)13-9-3-4-19(16,17)6-9/h5,9,14H,3-4,6H2,1-2H3. The summed E-state index contributed by atoms with van der Waals surface area (Å²) in [7, 11) is -3.02. The molecule has 0 saturated carbocycles. The first-order chi connectivity index (χ1) is 8.78. The summed E-state index contributed by atoms with van der Waals surface area (Å²) in [5.41, 5.74) is -0.372. The van der Waals surface area contributed by atoms with Crippen molar-refractivity contribution in [2.75, 3.05) is 11.5 Å². The summed E-state index contributed by atoms with van der Waals surface area (Å²) in [5.74, 6) is 0.212. The van der Waals surface area contributed by atoms with Gasteiger partial charge in [0, 0.05) is 6.07 Å². The van der Waals surface area contributed by atoms with Crippen molar-refractivity contribution in [1.82, 2.24) is 0 Å². The molecule has 1 N–H and O–H groups in total. The average Bonchev–Trinajstić information content (AvgIpc) is 2.56. The number of aliphatic imine (C=N–C) groups is 1. The van der Waals surface area contributed by atoms with Gasteiger partial charge >= 0.3 is 5.63 Å². The summed E-state index contributed by atoms with van der Waals surface area (Å²) >= 11 is 0. The Labute approximate surface area is 110 Å². The highest BCUT2D eigenvalue weighted by molar-refractivity contribution is 7.91. The molecule has 2 heterocycles. The zero-order valence-corrected chi connectivity index (χ0v) is 11.5. The Bertz CT molecular complexity index is 687. The molecule has 0 spiro atoms. The van der Waals surface area contributed by atoms with Crippen LogP contribution in [0.15, 0.2) is 20.3 Å². The molecule has 1 atom stereocenters. The third-order valence-corrected chi connectivity index (χ3v) is 4.75. The van der Waals surface area contributed by atoms with Gasteiger partial charge in [-0.3, -0.25) is 4.99 Å². The molecule has 1 aromatic heterocycles. The van der Waals surface area contributed by atoms with Gasteiger partial charge in [0.15, 0.2) is 9.84 Å². The molecule has 1 aliphatic rings. The first kappa shape index (κ1) is 13.8. The molecule has 0 radical (unpaired) electrons. The molecular formula is C12H15NO5S. The molecule has 0 aliphatic carbocycles. The Kier molecular flexibility index (Phi) is 3.49. The van der Waals surface area contributed by atoms with Gasteiger partial charge < -0.3 is 9.52 Å².